The molecular formula is C9H17FN2O. The Hall–Kier alpha value is -0.640. The molecule has 3 nitrogen and oxygen atoms in total. The second-order valence-electron chi connectivity index (χ2n) is 3.80. The predicted molar refractivity (Wildman–Crippen MR) is 49.2 cm³/mol. The lowest BCUT2D eigenvalue weighted by Crippen LogP contribution is -2.51. The number of likely N-dealkylation sites (tertiary alicyclic amines) is 1. The van der Waals surface area contributed by atoms with Crippen LogP contribution in [0.25, 0.3) is 0 Å². The normalized spacial score (nSPS) is 29.5. The molecule has 0 aromatic heterocycles. The van der Waals surface area contributed by atoms with Crippen LogP contribution in [0.1, 0.15) is 13.3 Å². The Bertz CT molecular complexity index is 196. The molecule has 2 unspecified atom stereocenters. The summed E-state index contributed by atoms with van der Waals surface area (Å²) in [5.41, 5.74) is 0. The van der Waals surface area contributed by atoms with E-state index in [9.17, 15) is 9.18 Å². The number of amides is 1. The van der Waals surface area contributed by atoms with Gasteiger partial charge in [-0.2, -0.15) is 0 Å². The van der Waals surface area contributed by atoms with Gasteiger partial charge in [-0.3, -0.25) is 4.79 Å². The molecule has 0 radical (unpaired) electrons. The first-order valence-corrected chi connectivity index (χ1v) is 4.58. The lowest BCUT2D eigenvalue weighted by atomic mass is 10.0. The molecule has 1 aliphatic rings. The molecule has 1 rings (SSSR count). The summed E-state index contributed by atoms with van der Waals surface area (Å²) in [5.74, 6) is -0.0279. The number of nitrogens with zero attached hydrogens (tertiary/aromatic N) is 2. The summed E-state index contributed by atoms with van der Waals surface area (Å²) in [6, 6.07) is -0.0319. The maximum atomic E-state index is 13.5. The van der Waals surface area contributed by atoms with E-state index in [2.05, 4.69) is 0 Å². The van der Waals surface area contributed by atoms with Gasteiger partial charge < -0.3 is 9.80 Å². The first-order valence-electron chi connectivity index (χ1n) is 4.58. The molecule has 0 aliphatic carbocycles. The first-order chi connectivity index (χ1) is 6.02. The van der Waals surface area contributed by atoms with Gasteiger partial charge in [0.25, 0.3) is 0 Å². The third kappa shape index (κ3) is 2.40. The summed E-state index contributed by atoms with van der Waals surface area (Å²) in [4.78, 5) is 14.4. The van der Waals surface area contributed by atoms with Crippen molar-refractivity contribution >= 4 is 5.91 Å². The van der Waals surface area contributed by atoms with Crippen molar-refractivity contribution < 1.29 is 9.18 Å². The lowest BCUT2D eigenvalue weighted by molar-refractivity contribution is -0.131. The van der Waals surface area contributed by atoms with E-state index in [0.717, 1.165) is 6.42 Å². The predicted octanol–water partition coefficient (Wildman–Crippen LogP) is 0.507. The largest absolute Gasteiger partial charge is 0.340 e. The molecule has 0 aromatic carbocycles. The van der Waals surface area contributed by atoms with Crippen LogP contribution in [0.4, 0.5) is 4.39 Å². The van der Waals surface area contributed by atoms with Gasteiger partial charge in [-0.15, -0.1) is 0 Å². The number of carbonyl (C=O) groups excluding carboxylic acids is 1. The van der Waals surface area contributed by atoms with Crippen LogP contribution in [0.5, 0.6) is 0 Å². The lowest BCUT2D eigenvalue weighted by Gasteiger charge is -2.37. The van der Waals surface area contributed by atoms with Crippen molar-refractivity contribution in [1.29, 1.82) is 0 Å². The van der Waals surface area contributed by atoms with Crippen molar-refractivity contribution in [2.24, 2.45) is 0 Å². The number of alkyl halides is 1. The van der Waals surface area contributed by atoms with E-state index in [0.29, 0.717) is 6.54 Å². The minimum absolute atomic E-state index is 0.0279. The average Bonchev–Trinajstić information content (AvgIpc) is 2.03. The summed E-state index contributed by atoms with van der Waals surface area (Å²) < 4.78 is 13.5. The van der Waals surface area contributed by atoms with Crippen molar-refractivity contribution in [3.8, 4) is 0 Å². The van der Waals surface area contributed by atoms with E-state index < -0.39 is 6.17 Å². The van der Waals surface area contributed by atoms with Gasteiger partial charge in [0.2, 0.25) is 5.91 Å². The smallest absolute Gasteiger partial charge is 0.219 e. The summed E-state index contributed by atoms with van der Waals surface area (Å²) in [7, 11) is 3.75. The Morgan fingerprint density at radius 3 is 2.54 bits per heavy atom. The molecule has 1 amide bonds. The second kappa shape index (κ2) is 4.05. The van der Waals surface area contributed by atoms with Crippen LogP contribution in [0.15, 0.2) is 0 Å². The Kier molecular flexibility index (Phi) is 3.25. The zero-order valence-corrected chi connectivity index (χ0v) is 8.46. The molecule has 0 bridgehead atoms. The molecule has 0 spiro atoms. The highest BCUT2D eigenvalue weighted by molar-refractivity contribution is 5.73. The van der Waals surface area contributed by atoms with Crippen molar-refractivity contribution in [2.75, 3.05) is 27.2 Å². The number of rotatable bonds is 1. The molecule has 0 N–H and O–H groups in total. The van der Waals surface area contributed by atoms with Crippen molar-refractivity contribution in [3.05, 3.63) is 0 Å². The minimum Gasteiger partial charge on any atom is -0.340 e. The molecule has 1 heterocycles. The Labute approximate surface area is 78.5 Å². The van der Waals surface area contributed by atoms with Crippen LogP contribution in [0.3, 0.4) is 0 Å². The number of piperidine rings is 1. The quantitative estimate of drug-likeness (QED) is 0.598. The fourth-order valence-corrected chi connectivity index (χ4v) is 1.76. The fourth-order valence-electron chi connectivity index (χ4n) is 1.76. The highest BCUT2D eigenvalue weighted by Crippen LogP contribution is 2.17. The van der Waals surface area contributed by atoms with E-state index in [1.54, 1.807) is 4.90 Å². The van der Waals surface area contributed by atoms with Crippen LogP contribution in [0, 0.1) is 0 Å². The van der Waals surface area contributed by atoms with E-state index in [-0.39, 0.29) is 18.5 Å². The van der Waals surface area contributed by atoms with Crippen LogP contribution in [-0.2, 0) is 4.79 Å². The highest BCUT2D eigenvalue weighted by Gasteiger charge is 2.31. The number of hydrogen-bond acceptors (Lipinski definition) is 2. The molecule has 13 heavy (non-hydrogen) atoms. The van der Waals surface area contributed by atoms with Gasteiger partial charge in [0.1, 0.15) is 6.17 Å². The average molecular weight is 188 g/mol. The van der Waals surface area contributed by atoms with Gasteiger partial charge in [-0.25, -0.2) is 4.39 Å². The maximum Gasteiger partial charge on any atom is 0.219 e. The minimum atomic E-state index is -0.910. The number of carbonyl (C=O) groups is 1. The van der Waals surface area contributed by atoms with Crippen LogP contribution < -0.4 is 0 Å². The van der Waals surface area contributed by atoms with Crippen LogP contribution in [-0.4, -0.2) is 55.1 Å². The van der Waals surface area contributed by atoms with Gasteiger partial charge in [0.05, 0.1) is 6.54 Å². The molecule has 2 atom stereocenters. The zero-order chi connectivity index (χ0) is 10.0. The number of halogens is 1. The third-order valence-corrected chi connectivity index (χ3v) is 2.62. The van der Waals surface area contributed by atoms with Gasteiger partial charge >= 0.3 is 0 Å². The van der Waals surface area contributed by atoms with E-state index >= 15 is 0 Å². The SMILES string of the molecule is CC(=O)N1CCC(N(C)C)C(F)C1. The first kappa shape index (κ1) is 10.4. The zero-order valence-electron chi connectivity index (χ0n) is 8.46. The van der Waals surface area contributed by atoms with Gasteiger partial charge in [-0.1, -0.05) is 0 Å². The fraction of sp³-hybridized carbons (Fsp3) is 0.889. The molecule has 0 aromatic rings. The summed E-state index contributed by atoms with van der Waals surface area (Å²) >= 11 is 0. The Balaban J connectivity index is 2.51. The van der Waals surface area contributed by atoms with Crippen molar-refractivity contribution in [2.45, 2.75) is 25.6 Å². The highest BCUT2D eigenvalue weighted by atomic mass is 19.1. The molecule has 4 heteroatoms. The molecular weight excluding hydrogens is 171 g/mol. The third-order valence-electron chi connectivity index (χ3n) is 2.62. The molecule has 0 saturated carbocycles. The molecule has 1 fully saturated rings. The van der Waals surface area contributed by atoms with E-state index in [1.807, 2.05) is 19.0 Å². The second-order valence-corrected chi connectivity index (χ2v) is 3.80. The standard InChI is InChI=1S/C9H17FN2O/c1-7(13)12-5-4-9(11(2)3)8(10)6-12/h8-9H,4-6H2,1-3H3. The van der Waals surface area contributed by atoms with E-state index in [1.165, 1.54) is 6.92 Å². The van der Waals surface area contributed by atoms with Crippen molar-refractivity contribution in [3.63, 3.8) is 0 Å². The Morgan fingerprint density at radius 1 is 1.54 bits per heavy atom. The summed E-state index contributed by atoms with van der Waals surface area (Å²) in [6.45, 7) is 2.42. The topological polar surface area (TPSA) is 23.6 Å². The monoisotopic (exact) mass is 188 g/mol. The van der Waals surface area contributed by atoms with Gasteiger partial charge in [0.15, 0.2) is 0 Å². The van der Waals surface area contributed by atoms with Crippen LogP contribution in [0.2, 0.25) is 0 Å². The van der Waals surface area contributed by atoms with Crippen molar-refractivity contribution in [1.82, 2.24) is 9.80 Å². The number of hydrogen-bond donors (Lipinski definition) is 0. The maximum absolute atomic E-state index is 13.5. The molecule has 76 valence electrons. The summed E-state index contributed by atoms with van der Waals surface area (Å²) in [6.07, 6.45) is -0.180. The van der Waals surface area contributed by atoms with E-state index in [4.69, 9.17) is 0 Å². The Morgan fingerprint density at radius 2 is 2.15 bits per heavy atom. The summed E-state index contributed by atoms with van der Waals surface area (Å²) in [5, 5.41) is 0. The van der Waals surface area contributed by atoms with Crippen LogP contribution >= 0.6 is 0 Å². The van der Waals surface area contributed by atoms with Gasteiger partial charge in [0, 0.05) is 19.5 Å². The molecule has 1 aliphatic heterocycles. The van der Waals surface area contributed by atoms with Gasteiger partial charge in [-0.05, 0) is 20.5 Å². The molecule has 1 saturated heterocycles.